The van der Waals surface area contributed by atoms with Gasteiger partial charge in [-0.05, 0) is 46.5 Å². The van der Waals surface area contributed by atoms with Crippen LogP contribution in [-0.4, -0.2) is 25.5 Å². The van der Waals surface area contributed by atoms with Crippen molar-refractivity contribution < 1.29 is 18.0 Å². The lowest BCUT2D eigenvalue weighted by atomic mass is 10.2. The molecule has 2 heterocycles. The van der Waals surface area contributed by atoms with E-state index in [4.69, 9.17) is 11.6 Å². The molecule has 31 heavy (non-hydrogen) atoms. The Balaban J connectivity index is 1.37. The van der Waals surface area contributed by atoms with Crippen molar-refractivity contribution in [2.75, 3.05) is 5.32 Å². The number of nitrogens with one attached hydrogen (secondary N) is 1. The normalized spacial score (nSPS) is 14.1. The summed E-state index contributed by atoms with van der Waals surface area (Å²) in [6, 6.07) is 9.01. The highest BCUT2D eigenvalue weighted by atomic mass is 79.9. The molecule has 0 saturated heterocycles. The number of carbonyl (C=O) groups excluding carboxylic acids is 1. The maximum Gasteiger partial charge on any atom is 0.436 e. The van der Waals surface area contributed by atoms with Gasteiger partial charge in [0.2, 0.25) is 5.91 Å². The summed E-state index contributed by atoms with van der Waals surface area (Å²) < 4.78 is 42.5. The average Bonchev–Trinajstić information content (AvgIpc) is 3.34. The van der Waals surface area contributed by atoms with Crippen LogP contribution in [0.25, 0.3) is 0 Å². The summed E-state index contributed by atoms with van der Waals surface area (Å²) in [6.07, 6.45) is -1.20. The second-order valence-corrected chi connectivity index (χ2v) is 8.60. The molecule has 1 saturated carbocycles. The van der Waals surface area contributed by atoms with E-state index >= 15 is 0 Å². The van der Waals surface area contributed by atoms with Crippen LogP contribution in [0.15, 0.2) is 41.0 Å². The van der Waals surface area contributed by atoms with E-state index in [0.29, 0.717) is 23.1 Å². The molecule has 0 bridgehead atoms. The average molecular weight is 517 g/mol. The highest BCUT2D eigenvalue weighted by Crippen LogP contribution is 2.47. The predicted octanol–water partition coefficient (Wildman–Crippen LogP) is 5.47. The summed E-state index contributed by atoms with van der Waals surface area (Å²) in [6.45, 7) is 0.567. The third-order valence-electron chi connectivity index (χ3n) is 4.88. The van der Waals surface area contributed by atoms with Gasteiger partial charge < -0.3 is 5.32 Å². The molecule has 0 spiro atoms. The van der Waals surface area contributed by atoms with Gasteiger partial charge in [0, 0.05) is 29.6 Å². The second kappa shape index (κ2) is 8.66. The van der Waals surface area contributed by atoms with E-state index in [1.807, 2.05) is 12.1 Å². The first-order valence-corrected chi connectivity index (χ1v) is 10.8. The SMILES string of the molecule is O=C(CCn1nc(C(F)(F)F)c(Br)c1C1CC1)Nc1ccn(Cc2ccc(Cl)cc2)n1. The molecule has 1 aliphatic rings. The van der Waals surface area contributed by atoms with Crippen molar-refractivity contribution in [3.05, 3.63) is 63.0 Å². The van der Waals surface area contributed by atoms with Gasteiger partial charge in [0.15, 0.2) is 11.5 Å². The van der Waals surface area contributed by atoms with Crippen LogP contribution in [0, 0.1) is 0 Å². The Bertz CT molecular complexity index is 1090. The monoisotopic (exact) mass is 515 g/mol. The zero-order valence-electron chi connectivity index (χ0n) is 16.2. The largest absolute Gasteiger partial charge is 0.436 e. The fourth-order valence-electron chi connectivity index (χ4n) is 3.26. The summed E-state index contributed by atoms with van der Waals surface area (Å²) in [5.74, 6) is 0.0716. The molecule has 0 atom stereocenters. The first-order valence-electron chi connectivity index (χ1n) is 9.62. The standard InChI is InChI=1S/C20H18BrClF3N5O/c21-17-18(13-3-4-13)30(28-19(17)20(23,24)25)10-8-16(31)26-15-7-9-29(27-15)11-12-1-5-14(22)6-2-12/h1-2,5-7,9,13H,3-4,8,10-11H2,(H,26,27,31). The number of benzene rings is 1. The van der Waals surface area contributed by atoms with Crippen molar-refractivity contribution >= 4 is 39.3 Å². The minimum Gasteiger partial charge on any atom is -0.309 e. The highest BCUT2D eigenvalue weighted by Gasteiger charge is 2.41. The van der Waals surface area contributed by atoms with Crippen molar-refractivity contribution in [2.24, 2.45) is 0 Å². The summed E-state index contributed by atoms with van der Waals surface area (Å²) in [4.78, 5) is 12.3. The van der Waals surface area contributed by atoms with Crippen LogP contribution in [-0.2, 0) is 24.1 Å². The molecular formula is C20H18BrClF3N5O. The Morgan fingerprint density at radius 3 is 2.55 bits per heavy atom. The van der Waals surface area contributed by atoms with Crippen molar-refractivity contribution in [1.29, 1.82) is 0 Å². The Morgan fingerprint density at radius 1 is 1.19 bits per heavy atom. The molecule has 4 rings (SSSR count). The van der Waals surface area contributed by atoms with E-state index in [2.05, 4.69) is 31.4 Å². The van der Waals surface area contributed by atoms with Crippen LogP contribution in [0.5, 0.6) is 0 Å². The third kappa shape index (κ3) is 5.30. The number of rotatable bonds is 7. The number of carbonyl (C=O) groups is 1. The van der Waals surface area contributed by atoms with Crippen LogP contribution in [0.2, 0.25) is 5.02 Å². The molecule has 11 heteroatoms. The molecule has 1 aromatic carbocycles. The van der Waals surface area contributed by atoms with Crippen LogP contribution in [0.4, 0.5) is 19.0 Å². The lowest BCUT2D eigenvalue weighted by Crippen LogP contribution is -2.17. The van der Waals surface area contributed by atoms with Crippen LogP contribution >= 0.6 is 27.5 Å². The van der Waals surface area contributed by atoms with Gasteiger partial charge in [-0.2, -0.15) is 23.4 Å². The highest BCUT2D eigenvalue weighted by molar-refractivity contribution is 9.10. The lowest BCUT2D eigenvalue weighted by Gasteiger charge is -2.07. The zero-order valence-corrected chi connectivity index (χ0v) is 18.5. The summed E-state index contributed by atoms with van der Waals surface area (Å²) in [5, 5.41) is 11.3. The molecule has 0 radical (unpaired) electrons. The van der Waals surface area contributed by atoms with Crippen LogP contribution < -0.4 is 5.32 Å². The number of nitrogens with zero attached hydrogens (tertiary/aromatic N) is 4. The fraction of sp³-hybridized carbons (Fsp3) is 0.350. The van der Waals surface area contributed by atoms with Gasteiger partial charge in [-0.15, -0.1) is 0 Å². The molecule has 0 aliphatic heterocycles. The summed E-state index contributed by atoms with van der Waals surface area (Å²) in [7, 11) is 0. The smallest absolute Gasteiger partial charge is 0.309 e. The van der Waals surface area contributed by atoms with Gasteiger partial charge in [0.25, 0.3) is 0 Å². The van der Waals surface area contributed by atoms with Crippen molar-refractivity contribution in [3.63, 3.8) is 0 Å². The lowest BCUT2D eigenvalue weighted by molar-refractivity contribution is -0.142. The van der Waals surface area contributed by atoms with Gasteiger partial charge in [-0.1, -0.05) is 23.7 Å². The van der Waals surface area contributed by atoms with Crippen molar-refractivity contribution in [1.82, 2.24) is 19.6 Å². The summed E-state index contributed by atoms with van der Waals surface area (Å²) in [5.41, 5.74) is 0.561. The minimum atomic E-state index is -4.55. The van der Waals surface area contributed by atoms with E-state index < -0.39 is 11.9 Å². The second-order valence-electron chi connectivity index (χ2n) is 7.37. The van der Waals surface area contributed by atoms with Gasteiger partial charge in [-0.3, -0.25) is 14.2 Å². The maximum atomic E-state index is 13.2. The molecule has 1 N–H and O–H groups in total. The number of hydrogen-bond donors (Lipinski definition) is 1. The molecule has 164 valence electrons. The topological polar surface area (TPSA) is 64.7 Å². The molecular weight excluding hydrogens is 499 g/mol. The first-order chi connectivity index (χ1) is 14.7. The van der Waals surface area contributed by atoms with Crippen LogP contribution in [0.3, 0.4) is 0 Å². The van der Waals surface area contributed by atoms with Crippen molar-refractivity contribution in [3.8, 4) is 0 Å². The Kier molecular flexibility index (Phi) is 6.11. The molecule has 0 unspecified atom stereocenters. The molecule has 1 amide bonds. The van der Waals surface area contributed by atoms with E-state index in [-0.39, 0.29) is 29.3 Å². The Labute approximate surface area is 189 Å². The van der Waals surface area contributed by atoms with E-state index in [1.165, 1.54) is 4.68 Å². The van der Waals surface area contributed by atoms with Gasteiger partial charge in [0.1, 0.15) is 0 Å². The van der Waals surface area contributed by atoms with E-state index in [1.54, 1.807) is 29.1 Å². The van der Waals surface area contributed by atoms with Gasteiger partial charge >= 0.3 is 6.18 Å². The Hall–Kier alpha value is -2.33. The molecule has 2 aromatic heterocycles. The van der Waals surface area contributed by atoms with Crippen LogP contribution in [0.1, 0.15) is 42.1 Å². The zero-order chi connectivity index (χ0) is 22.2. The quantitative estimate of drug-likeness (QED) is 0.453. The molecule has 1 fully saturated rings. The number of hydrogen-bond acceptors (Lipinski definition) is 3. The Morgan fingerprint density at radius 2 is 1.90 bits per heavy atom. The molecule has 3 aromatic rings. The number of aromatic nitrogens is 4. The van der Waals surface area contributed by atoms with E-state index in [0.717, 1.165) is 18.4 Å². The number of anilines is 1. The maximum absolute atomic E-state index is 13.2. The van der Waals surface area contributed by atoms with E-state index in [9.17, 15) is 18.0 Å². The van der Waals surface area contributed by atoms with Crippen molar-refractivity contribution in [2.45, 2.75) is 44.4 Å². The van der Waals surface area contributed by atoms with Gasteiger partial charge in [-0.25, -0.2) is 0 Å². The minimum absolute atomic E-state index is 0.0187. The summed E-state index contributed by atoms with van der Waals surface area (Å²) >= 11 is 8.93. The third-order valence-corrected chi connectivity index (χ3v) is 5.91. The first kappa shape index (κ1) is 21.9. The predicted molar refractivity (Wildman–Crippen MR) is 113 cm³/mol. The molecule has 6 nitrogen and oxygen atoms in total. The molecule has 1 aliphatic carbocycles. The number of alkyl halides is 3. The number of aryl methyl sites for hydroxylation is 1. The number of amides is 1. The van der Waals surface area contributed by atoms with Gasteiger partial charge in [0.05, 0.1) is 23.3 Å². The fourth-order valence-corrected chi connectivity index (χ4v) is 4.22. The number of halogens is 5.